The number of rotatable bonds is 3. The van der Waals surface area contributed by atoms with Crippen LogP contribution < -0.4 is 0 Å². The molecule has 0 saturated carbocycles. The van der Waals surface area contributed by atoms with Gasteiger partial charge in [0.25, 0.3) is 0 Å². The van der Waals surface area contributed by atoms with Crippen LogP contribution in [0.5, 0.6) is 0 Å². The molecule has 50 heavy (non-hydrogen) atoms. The van der Waals surface area contributed by atoms with E-state index in [1.54, 1.807) is 6.08 Å². The van der Waals surface area contributed by atoms with Gasteiger partial charge in [-0.25, -0.2) is 0 Å². The second-order valence-corrected chi connectivity index (χ2v) is 12.9. The van der Waals surface area contributed by atoms with Gasteiger partial charge in [-0.15, -0.1) is 6.58 Å². The van der Waals surface area contributed by atoms with Crippen molar-refractivity contribution in [3.8, 4) is 27.9 Å². The number of allylic oxidation sites excluding steroid dienone is 1. The van der Waals surface area contributed by atoms with E-state index < -0.39 is 0 Å². The number of benzene rings is 9. The summed E-state index contributed by atoms with van der Waals surface area (Å²) in [6.45, 7) is 5.25. The van der Waals surface area contributed by atoms with Crippen molar-refractivity contribution in [1.82, 2.24) is 4.57 Å². The van der Waals surface area contributed by atoms with E-state index in [9.17, 15) is 0 Å². The predicted octanol–water partition coefficient (Wildman–Crippen LogP) is 13.9. The average molecular weight is 638 g/mol. The summed E-state index contributed by atoms with van der Waals surface area (Å²) in [4.78, 5) is 0. The molecule has 0 saturated heterocycles. The molecule has 0 unspecified atom stereocenters. The summed E-state index contributed by atoms with van der Waals surface area (Å²) in [6.07, 6.45) is 1.75. The zero-order chi connectivity index (χ0) is 33.6. The van der Waals surface area contributed by atoms with Crippen LogP contribution in [0.3, 0.4) is 0 Å². The predicted molar refractivity (Wildman–Crippen MR) is 218 cm³/mol. The Morgan fingerprint density at radius 3 is 1.18 bits per heavy atom. The molecule has 0 radical (unpaired) electrons. The van der Waals surface area contributed by atoms with E-state index in [0.717, 1.165) is 5.69 Å². The van der Waals surface area contributed by atoms with Crippen LogP contribution in [0, 0.1) is 0 Å². The Kier molecular flexibility index (Phi) is 7.25. The fourth-order valence-corrected chi connectivity index (χ4v) is 7.96. The number of aromatic nitrogens is 1. The maximum atomic E-state index is 3.36. The van der Waals surface area contributed by atoms with Crippen molar-refractivity contribution in [2.24, 2.45) is 0 Å². The second kappa shape index (κ2) is 12.2. The number of nitrogens with zero attached hydrogens (tertiary/aromatic N) is 1. The molecule has 0 spiro atoms. The first-order valence-corrected chi connectivity index (χ1v) is 17.3. The fraction of sp³-hybridized carbons (Fsp3) is 0.0204. The van der Waals surface area contributed by atoms with Crippen LogP contribution in [-0.4, -0.2) is 4.57 Å². The number of hydrogen-bond acceptors (Lipinski definition) is 0. The molecular formula is C49H35N. The highest BCUT2D eigenvalue weighted by atomic mass is 15.0. The Bertz CT molecular complexity index is 2720. The molecule has 10 aromatic rings. The first-order valence-electron chi connectivity index (χ1n) is 17.3. The van der Waals surface area contributed by atoms with E-state index in [0.29, 0.717) is 0 Å². The van der Waals surface area contributed by atoms with Gasteiger partial charge in [0.05, 0.1) is 11.0 Å². The monoisotopic (exact) mass is 637 g/mol. The highest BCUT2D eigenvalue weighted by Crippen LogP contribution is 2.44. The third-order valence-electron chi connectivity index (χ3n) is 9.95. The van der Waals surface area contributed by atoms with Crippen LogP contribution >= 0.6 is 0 Å². The molecule has 1 aromatic heterocycles. The Hall–Kier alpha value is -6.44. The molecular weight excluding hydrogens is 603 g/mol. The molecule has 0 atom stereocenters. The van der Waals surface area contributed by atoms with Gasteiger partial charge in [0.2, 0.25) is 0 Å². The second-order valence-electron chi connectivity index (χ2n) is 12.9. The molecule has 236 valence electrons. The van der Waals surface area contributed by atoms with E-state index in [4.69, 9.17) is 0 Å². The van der Waals surface area contributed by atoms with E-state index >= 15 is 0 Å². The normalized spacial score (nSPS) is 11.4. The van der Waals surface area contributed by atoms with Gasteiger partial charge in [0.15, 0.2) is 0 Å². The minimum atomic E-state index is 1.16. The molecule has 0 amide bonds. The topological polar surface area (TPSA) is 4.93 Å². The summed E-state index contributed by atoms with van der Waals surface area (Å²) in [5.74, 6) is 0. The zero-order valence-corrected chi connectivity index (χ0v) is 28.0. The lowest BCUT2D eigenvalue weighted by Crippen LogP contribution is -1.95. The third-order valence-corrected chi connectivity index (χ3v) is 9.95. The quantitative estimate of drug-likeness (QED) is 0.134. The van der Waals surface area contributed by atoms with Crippen LogP contribution in [0.25, 0.3) is 92.8 Å². The molecule has 9 aromatic carbocycles. The zero-order valence-electron chi connectivity index (χ0n) is 28.0. The van der Waals surface area contributed by atoms with Crippen molar-refractivity contribution in [2.45, 2.75) is 6.92 Å². The van der Waals surface area contributed by atoms with Crippen molar-refractivity contribution >= 4 is 64.9 Å². The van der Waals surface area contributed by atoms with Gasteiger partial charge in [-0.3, -0.25) is 0 Å². The smallest absolute Gasteiger partial charge is 0.0547 e. The first-order chi connectivity index (χ1) is 24.8. The first kappa shape index (κ1) is 29.7. The highest BCUT2D eigenvalue weighted by Gasteiger charge is 2.19. The number of hydrogen-bond donors (Lipinski definition) is 0. The van der Waals surface area contributed by atoms with Crippen molar-refractivity contribution < 1.29 is 0 Å². The Morgan fingerprint density at radius 2 is 0.740 bits per heavy atom. The lowest BCUT2D eigenvalue weighted by atomic mass is 9.86. The molecule has 1 heterocycles. The van der Waals surface area contributed by atoms with Gasteiger partial charge in [-0.2, -0.15) is 0 Å². The van der Waals surface area contributed by atoms with Crippen LogP contribution in [0.2, 0.25) is 0 Å². The summed E-state index contributed by atoms with van der Waals surface area (Å²) in [6, 6.07) is 64.4. The van der Waals surface area contributed by atoms with Gasteiger partial charge < -0.3 is 4.57 Å². The minimum Gasteiger partial charge on any atom is -0.309 e. The van der Waals surface area contributed by atoms with Crippen LogP contribution in [-0.2, 0) is 0 Å². The fourth-order valence-electron chi connectivity index (χ4n) is 7.96. The van der Waals surface area contributed by atoms with Crippen molar-refractivity contribution in [3.63, 3.8) is 0 Å². The van der Waals surface area contributed by atoms with Gasteiger partial charge in [0, 0.05) is 16.5 Å². The molecule has 0 fully saturated rings. The van der Waals surface area contributed by atoms with Crippen molar-refractivity contribution in [2.75, 3.05) is 0 Å². The maximum Gasteiger partial charge on any atom is 0.0547 e. The molecule has 1 nitrogen and oxygen atoms in total. The minimum absolute atomic E-state index is 1.16. The Labute approximate surface area is 292 Å². The van der Waals surface area contributed by atoms with Gasteiger partial charge in [-0.05, 0) is 96.5 Å². The molecule has 1 heteroatoms. The maximum absolute atomic E-state index is 3.36. The molecule has 0 aliphatic heterocycles. The summed E-state index contributed by atoms with van der Waals surface area (Å²) in [7, 11) is 0. The van der Waals surface area contributed by atoms with E-state index in [1.807, 2.05) is 6.92 Å². The summed E-state index contributed by atoms with van der Waals surface area (Å²) < 4.78 is 2.45. The molecule has 0 aliphatic carbocycles. The van der Waals surface area contributed by atoms with Crippen molar-refractivity contribution in [3.05, 3.63) is 189 Å². The molecule has 10 rings (SSSR count). The highest BCUT2D eigenvalue weighted by molar-refractivity contribution is 6.28. The largest absolute Gasteiger partial charge is 0.309 e. The molecule has 0 aliphatic rings. The van der Waals surface area contributed by atoms with E-state index in [2.05, 4.69) is 187 Å². The molecule has 0 bridgehead atoms. The average Bonchev–Trinajstić information content (AvgIpc) is 3.53. The third kappa shape index (κ3) is 4.63. The van der Waals surface area contributed by atoms with Crippen LogP contribution in [0.15, 0.2) is 189 Å². The summed E-state index contributed by atoms with van der Waals surface area (Å²) in [5, 5.41) is 12.8. The Balaban J connectivity index is 0.00000109. The van der Waals surface area contributed by atoms with E-state index in [-0.39, 0.29) is 0 Å². The standard InChI is InChI=1S/C46H29N.C3H6/c1-2-14-32(15-3-1)43-37-18-8-10-20-39(37)44(40-21-11-9-19-38(40)43)33-22-26-34(27-23-33)47-41-28-24-30-12-4-6-16-35(30)45(41)46-36-17-7-5-13-31(36)25-29-42(46)47;1-3-2/h1-29H;3H,1H2,2H3. The number of fused-ring (bicyclic) bond motifs is 9. The molecule has 0 N–H and O–H groups in total. The lowest BCUT2D eigenvalue weighted by molar-refractivity contribution is 1.18. The van der Waals surface area contributed by atoms with Gasteiger partial charge in [0.1, 0.15) is 0 Å². The van der Waals surface area contributed by atoms with Gasteiger partial charge in [-0.1, -0.05) is 158 Å². The van der Waals surface area contributed by atoms with Crippen molar-refractivity contribution in [1.29, 1.82) is 0 Å². The van der Waals surface area contributed by atoms with Crippen LogP contribution in [0.1, 0.15) is 6.92 Å². The van der Waals surface area contributed by atoms with Crippen LogP contribution in [0.4, 0.5) is 0 Å². The summed E-state index contributed by atoms with van der Waals surface area (Å²) in [5.41, 5.74) is 8.65. The Morgan fingerprint density at radius 1 is 0.380 bits per heavy atom. The SMILES string of the molecule is C=CC.c1ccc(-c2c3ccccc3c(-c3ccc(-n4c5ccc6ccccc6c5c5c6ccccc6ccc54)cc3)c3ccccc23)cc1. The summed E-state index contributed by atoms with van der Waals surface area (Å²) >= 11 is 0. The van der Waals surface area contributed by atoms with E-state index in [1.165, 1.54) is 87.1 Å². The van der Waals surface area contributed by atoms with Gasteiger partial charge >= 0.3 is 0 Å². The lowest BCUT2D eigenvalue weighted by Gasteiger charge is -2.18.